The number of amides is 1. The van der Waals surface area contributed by atoms with Gasteiger partial charge in [0, 0.05) is 11.1 Å². The van der Waals surface area contributed by atoms with Gasteiger partial charge < -0.3 is 5.32 Å². The first-order valence-corrected chi connectivity index (χ1v) is 7.51. The summed E-state index contributed by atoms with van der Waals surface area (Å²) in [5.41, 5.74) is 1.96. The van der Waals surface area contributed by atoms with E-state index in [4.69, 9.17) is 0 Å². The zero-order valence-electron chi connectivity index (χ0n) is 11.7. The number of thioether (sulfide) groups is 1. The van der Waals surface area contributed by atoms with E-state index in [0.717, 1.165) is 17.0 Å². The van der Waals surface area contributed by atoms with Crippen LogP contribution in [0.4, 0.5) is 5.69 Å². The highest BCUT2D eigenvalue weighted by molar-refractivity contribution is 8.00. The van der Waals surface area contributed by atoms with Gasteiger partial charge in [-0.2, -0.15) is 0 Å². The Hall–Kier alpha value is -1.81. The van der Waals surface area contributed by atoms with Crippen LogP contribution in [0.1, 0.15) is 18.9 Å². The predicted molar refractivity (Wildman–Crippen MR) is 84.0 cm³/mol. The van der Waals surface area contributed by atoms with Crippen molar-refractivity contribution >= 4 is 23.4 Å². The average molecular weight is 286 g/mol. The van der Waals surface area contributed by atoms with Gasteiger partial charge >= 0.3 is 0 Å². The number of pyridine rings is 1. The maximum atomic E-state index is 12.3. The van der Waals surface area contributed by atoms with Crippen molar-refractivity contribution in [2.45, 2.75) is 30.4 Å². The van der Waals surface area contributed by atoms with Crippen molar-refractivity contribution in [2.24, 2.45) is 0 Å². The smallest absolute Gasteiger partial charge is 0.237 e. The van der Waals surface area contributed by atoms with Crippen LogP contribution in [-0.2, 0) is 4.79 Å². The quantitative estimate of drug-likeness (QED) is 0.848. The van der Waals surface area contributed by atoms with Crippen LogP contribution in [0.25, 0.3) is 0 Å². The van der Waals surface area contributed by atoms with Crippen LogP contribution in [0.2, 0.25) is 0 Å². The molecule has 0 aliphatic heterocycles. The number of rotatable bonds is 5. The van der Waals surface area contributed by atoms with Gasteiger partial charge in [-0.15, -0.1) is 11.8 Å². The molecule has 0 radical (unpaired) electrons. The number of carbonyl (C=O) groups excluding carboxylic acids is 1. The van der Waals surface area contributed by atoms with E-state index in [1.807, 2.05) is 19.1 Å². The summed E-state index contributed by atoms with van der Waals surface area (Å²) in [5.74, 6) is 0.0195. The molecule has 1 unspecified atom stereocenters. The molecule has 1 aromatic heterocycles. The number of anilines is 1. The fraction of sp³-hybridized carbons (Fsp3) is 0.250. The average Bonchev–Trinajstić information content (AvgIpc) is 2.47. The molecule has 4 heteroatoms. The fourth-order valence-corrected chi connectivity index (χ4v) is 2.72. The molecule has 0 fully saturated rings. The Morgan fingerprint density at radius 2 is 2.05 bits per heavy atom. The molecule has 0 saturated carbocycles. The van der Waals surface area contributed by atoms with E-state index in [-0.39, 0.29) is 11.2 Å². The van der Waals surface area contributed by atoms with Gasteiger partial charge in [-0.25, -0.2) is 0 Å². The third-order valence-electron chi connectivity index (χ3n) is 2.89. The van der Waals surface area contributed by atoms with E-state index in [0.29, 0.717) is 0 Å². The molecule has 0 saturated heterocycles. The summed E-state index contributed by atoms with van der Waals surface area (Å²) < 4.78 is 0. The summed E-state index contributed by atoms with van der Waals surface area (Å²) >= 11 is 1.59. The van der Waals surface area contributed by atoms with Gasteiger partial charge in [-0.3, -0.25) is 9.78 Å². The van der Waals surface area contributed by atoms with Gasteiger partial charge in [0.1, 0.15) is 0 Å². The summed E-state index contributed by atoms with van der Waals surface area (Å²) in [5, 5.41) is 2.80. The van der Waals surface area contributed by atoms with E-state index in [1.54, 1.807) is 24.2 Å². The standard InChI is InChI=1S/C16H18N2OS/c1-3-15(20-14-8-6-12(2)7-9-14)16(19)18-13-5-4-10-17-11-13/h4-11,15H,3H2,1-2H3,(H,18,19). The van der Waals surface area contributed by atoms with E-state index in [2.05, 4.69) is 41.5 Å². The zero-order valence-corrected chi connectivity index (χ0v) is 12.5. The van der Waals surface area contributed by atoms with Crippen LogP contribution in [0.5, 0.6) is 0 Å². The van der Waals surface area contributed by atoms with Gasteiger partial charge in [0.05, 0.1) is 17.1 Å². The molecule has 3 nitrogen and oxygen atoms in total. The molecule has 2 rings (SSSR count). The third kappa shape index (κ3) is 4.10. The molecule has 0 aliphatic rings. The van der Waals surface area contributed by atoms with Gasteiger partial charge in [0.2, 0.25) is 5.91 Å². The Balaban J connectivity index is 2.00. The van der Waals surface area contributed by atoms with Gasteiger partial charge in [0.15, 0.2) is 0 Å². The van der Waals surface area contributed by atoms with Crippen molar-refractivity contribution in [1.82, 2.24) is 4.98 Å². The molecule has 1 aromatic carbocycles. The fourth-order valence-electron chi connectivity index (χ4n) is 1.76. The predicted octanol–water partition coefficient (Wildman–Crippen LogP) is 3.90. The summed E-state index contributed by atoms with van der Waals surface area (Å²) in [6.45, 7) is 4.08. The number of nitrogens with zero attached hydrogens (tertiary/aromatic N) is 1. The number of aromatic nitrogens is 1. The lowest BCUT2D eigenvalue weighted by Crippen LogP contribution is -2.24. The molecule has 2 aromatic rings. The number of hydrogen-bond donors (Lipinski definition) is 1. The molecule has 20 heavy (non-hydrogen) atoms. The highest BCUT2D eigenvalue weighted by Crippen LogP contribution is 2.26. The highest BCUT2D eigenvalue weighted by Gasteiger charge is 2.17. The van der Waals surface area contributed by atoms with Crippen molar-refractivity contribution in [2.75, 3.05) is 5.32 Å². The van der Waals surface area contributed by atoms with Crippen molar-refractivity contribution in [3.8, 4) is 0 Å². The lowest BCUT2D eigenvalue weighted by atomic mass is 10.2. The molecule has 1 N–H and O–H groups in total. The topological polar surface area (TPSA) is 42.0 Å². The van der Waals surface area contributed by atoms with Crippen molar-refractivity contribution in [1.29, 1.82) is 0 Å². The van der Waals surface area contributed by atoms with E-state index in [1.165, 1.54) is 5.56 Å². The van der Waals surface area contributed by atoms with Crippen LogP contribution in [0.3, 0.4) is 0 Å². The summed E-state index contributed by atoms with van der Waals surface area (Å²) in [6, 6.07) is 11.9. The van der Waals surface area contributed by atoms with Crippen LogP contribution in [0.15, 0.2) is 53.7 Å². The molecule has 0 spiro atoms. The second kappa shape index (κ2) is 7.10. The lowest BCUT2D eigenvalue weighted by molar-refractivity contribution is -0.115. The van der Waals surface area contributed by atoms with Gasteiger partial charge in [-0.05, 0) is 37.6 Å². The molecular weight excluding hydrogens is 268 g/mol. The van der Waals surface area contributed by atoms with Crippen LogP contribution in [0, 0.1) is 6.92 Å². The Labute approximate surface area is 123 Å². The first-order valence-electron chi connectivity index (χ1n) is 6.63. The third-order valence-corrected chi connectivity index (χ3v) is 4.27. The summed E-state index contributed by atoms with van der Waals surface area (Å²) in [7, 11) is 0. The molecule has 0 bridgehead atoms. The van der Waals surface area contributed by atoms with Crippen molar-refractivity contribution < 1.29 is 4.79 Å². The SMILES string of the molecule is CCC(Sc1ccc(C)cc1)C(=O)Nc1cccnc1. The number of hydrogen-bond acceptors (Lipinski definition) is 3. The minimum Gasteiger partial charge on any atom is -0.324 e. The van der Waals surface area contributed by atoms with E-state index in [9.17, 15) is 4.79 Å². The summed E-state index contributed by atoms with van der Waals surface area (Å²) in [4.78, 5) is 17.4. The Morgan fingerprint density at radius 1 is 1.30 bits per heavy atom. The van der Waals surface area contributed by atoms with E-state index >= 15 is 0 Å². The maximum Gasteiger partial charge on any atom is 0.237 e. The van der Waals surface area contributed by atoms with Crippen molar-refractivity contribution in [3.05, 3.63) is 54.4 Å². The second-order valence-electron chi connectivity index (χ2n) is 4.56. The minimum absolute atomic E-state index is 0.0195. The Kier molecular flexibility index (Phi) is 5.18. The van der Waals surface area contributed by atoms with Crippen LogP contribution >= 0.6 is 11.8 Å². The monoisotopic (exact) mass is 286 g/mol. The summed E-state index contributed by atoms with van der Waals surface area (Å²) in [6.07, 6.45) is 4.12. The van der Waals surface area contributed by atoms with Crippen LogP contribution in [-0.4, -0.2) is 16.1 Å². The molecular formula is C16H18N2OS. The van der Waals surface area contributed by atoms with E-state index < -0.39 is 0 Å². The Bertz CT molecular complexity index is 554. The van der Waals surface area contributed by atoms with Gasteiger partial charge in [0.25, 0.3) is 0 Å². The van der Waals surface area contributed by atoms with Crippen LogP contribution < -0.4 is 5.32 Å². The second-order valence-corrected chi connectivity index (χ2v) is 5.83. The molecule has 0 aliphatic carbocycles. The first kappa shape index (κ1) is 14.6. The van der Waals surface area contributed by atoms with Crippen molar-refractivity contribution in [3.63, 3.8) is 0 Å². The molecule has 1 atom stereocenters. The largest absolute Gasteiger partial charge is 0.324 e. The number of nitrogens with one attached hydrogen (secondary N) is 1. The maximum absolute atomic E-state index is 12.3. The number of aryl methyl sites for hydroxylation is 1. The highest BCUT2D eigenvalue weighted by atomic mass is 32.2. The molecule has 104 valence electrons. The van der Waals surface area contributed by atoms with Gasteiger partial charge in [-0.1, -0.05) is 24.6 Å². The minimum atomic E-state index is -0.0992. The zero-order chi connectivity index (χ0) is 14.4. The molecule has 1 heterocycles. The number of benzene rings is 1. The molecule has 1 amide bonds. The lowest BCUT2D eigenvalue weighted by Gasteiger charge is -2.14. The first-order chi connectivity index (χ1) is 9.69. The normalized spacial score (nSPS) is 11.9. The Morgan fingerprint density at radius 3 is 2.65 bits per heavy atom. The number of carbonyl (C=O) groups is 1.